The highest BCUT2D eigenvalue weighted by molar-refractivity contribution is 5.92. The van der Waals surface area contributed by atoms with Gasteiger partial charge in [0.1, 0.15) is 59.7 Å². The van der Waals surface area contributed by atoms with Crippen LogP contribution in [0.25, 0.3) is 11.0 Å². The first-order chi connectivity index (χ1) is 21.7. The van der Waals surface area contributed by atoms with Crippen LogP contribution >= 0.6 is 0 Å². The third-order valence-corrected chi connectivity index (χ3v) is 7.39. The Morgan fingerprint density at radius 1 is 1.11 bits per heavy atom. The average molecular weight is 653 g/mol. The molecule has 1 aliphatic heterocycles. The second kappa shape index (κ2) is 15.7. The van der Waals surface area contributed by atoms with Crippen molar-refractivity contribution in [3.63, 3.8) is 0 Å². The highest BCUT2D eigenvalue weighted by Crippen LogP contribution is 2.41. The monoisotopic (exact) mass is 652 g/mol. The van der Waals surface area contributed by atoms with Crippen molar-refractivity contribution in [2.45, 2.75) is 82.1 Å². The van der Waals surface area contributed by atoms with Crippen molar-refractivity contribution in [3.05, 3.63) is 39.2 Å². The van der Waals surface area contributed by atoms with Gasteiger partial charge in [-0.25, -0.2) is 4.79 Å². The van der Waals surface area contributed by atoms with Crippen LogP contribution in [0.4, 0.5) is 0 Å². The second-order valence-corrected chi connectivity index (χ2v) is 10.8. The number of nitrogens with zero attached hydrogens (tertiary/aromatic N) is 1. The van der Waals surface area contributed by atoms with Crippen molar-refractivity contribution in [3.8, 4) is 5.75 Å². The summed E-state index contributed by atoms with van der Waals surface area (Å²) >= 11 is 0. The molecule has 1 fully saturated rings. The molecule has 2 aromatic rings. The number of benzene rings is 1. The number of phenols is 1. The van der Waals surface area contributed by atoms with Gasteiger partial charge < -0.3 is 55.0 Å². The minimum absolute atomic E-state index is 0.00689. The number of aliphatic hydroxyl groups is 4. The van der Waals surface area contributed by atoms with Crippen LogP contribution in [0.5, 0.6) is 5.75 Å². The van der Waals surface area contributed by atoms with E-state index in [0.29, 0.717) is 5.56 Å². The number of aliphatic imine (C=N–C) groups is 1. The highest BCUT2D eigenvalue weighted by Gasteiger charge is 2.46. The van der Waals surface area contributed by atoms with Gasteiger partial charge in [-0.2, -0.15) is 0 Å². The van der Waals surface area contributed by atoms with Gasteiger partial charge in [0.15, 0.2) is 5.43 Å². The van der Waals surface area contributed by atoms with Gasteiger partial charge in [0.25, 0.3) is 6.47 Å². The lowest BCUT2D eigenvalue weighted by Gasteiger charge is -2.40. The molecular formula is C29H36N2O15. The summed E-state index contributed by atoms with van der Waals surface area (Å²) in [6.45, 7) is 2.13. The Labute approximate surface area is 260 Å². The van der Waals surface area contributed by atoms with Crippen LogP contribution in [0.1, 0.15) is 49.2 Å². The van der Waals surface area contributed by atoms with E-state index in [-0.39, 0.29) is 53.9 Å². The van der Waals surface area contributed by atoms with E-state index in [0.717, 1.165) is 6.07 Å². The van der Waals surface area contributed by atoms with Crippen molar-refractivity contribution >= 4 is 41.0 Å². The number of carbonyl (C=O) groups is 4. The Morgan fingerprint density at radius 2 is 1.80 bits per heavy atom. The summed E-state index contributed by atoms with van der Waals surface area (Å²) in [4.78, 5) is 63.6. The molecule has 0 bridgehead atoms. The number of aromatic hydroxyl groups is 1. The Hall–Kier alpha value is -4.42. The highest BCUT2D eigenvalue weighted by atomic mass is 16.5. The smallest absolute Gasteiger partial charge is 0.326 e. The van der Waals surface area contributed by atoms with E-state index in [1.165, 1.54) is 19.9 Å². The van der Waals surface area contributed by atoms with Gasteiger partial charge in [-0.15, -0.1) is 0 Å². The van der Waals surface area contributed by atoms with Crippen LogP contribution in [-0.2, 0) is 35.1 Å². The first-order valence-electron chi connectivity index (χ1n) is 14.1. The minimum Gasteiger partial charge on any atom is -0.507 e. The molecule has 2 heterocycles. The molecule has 17 heteroatoms. The first kappa shape index (κ1) is 36.1. The number of carboxylic acids is 2. The molecule has 7 atom stereocenters. The second-order valence-electron chi connectivity index (χ2n) is 10.8. The van der Waals surface area contributed by atoms with Crippen molar-refractivity contribution in [2.24, 2.45) is 4.99 Å². The third-order valence-electron chi connectivity index (χ3n) is 7.39. The molecule has 0 saturated carbocycles. The van der Waals surface area contributed by atoms with Gasteiger partial charge in [-0.1, -0.05) is 0 Å². The van der Waals surface area contributed by atoms with Gasteiger partial charge in [-0.05, 0) is 31.9 Å². The number of carboxylic acid groups (broad SMARTS) is 2. The number of carbonyl (C=O) groups excluding carboxylic acids is 2. The molecule has 0 spiro atoms. The van der Waals surface area contributed by atoms with E-state index in [1.54, 1.807) is 0 Å². The topological polar surface area (TPSA) is 283 Å². The first-order valence-corrected chi connectivity index (χ1v) is 14.1. The Kier molecular flexibility index (Phi) is 12.3. The molecular weight excluding hydrogens is 616 g/mol. The molecule has 252 valence electrons. The lowest BCUT2D eigenvalue weighted by molar-refractivity contribution is -0.231. The fraction of sp³-hybridized carbons (Fsp3) is 0.517. The summed E-state index contributed by atoms with van der Waals surface area (Å²) in [5, 5.41) is 72.2. The maximum atomic E-state index is 13.2. The van der Waals surface area contributed by atoms with Gasteiger partial charge in [0.2, 0.25) is 5.91 Å². The van der Waals surface area contributed by atoms with Crippen LogP contribution in [-0.4, -0.2) is 115 Å². The number of hydrogen-bond donors (Lipinski definition) is 8. The standard InChI is InChI=1S/C29H36N2O15/c1-12-7-17(34)22(27-25(40)24(39)23(38)19(10-32)46-27)26-21(12)18(35)9-14(45-26)8-13(2)30-15(5-6-44-11-33)28(41)31-16(29(42)43)3-4-20(36)37/h7,9,11,15-16,19,23-25,27,32,34,38-40H,3-6,8,10H2,1-2H3,(H,31,41)(H,36,37)(H,42,43). The molecule has 1 aromatic carbocycles. The van der Waals surface area contributed by atoms with Crippen molar-refractivity contribution in [2.75, 3.05) is 13.2 Å². The molecule has 3 rings (SSSR count). The molecule has 0 radical (unpaired) electrons. The number of fused-ring (bicyclic) bond motifs is 1. The molecule has 46 heavy (non-hydrogen) atoms. The van der Waals surface area contributed by atoms with E-state index in [2.05, 4.69) is 15.0 Å². The summed E-state index contributed by atoms with van der Waals surface area (Å²) in [6.07, 6.45) is -9.43. The Morgan fingerprint density at radius 3 is 2.41 bits per heavy atom. The lowest BCUT2D eigenvalue weighted by Crippen LogP contribution is -2.55. The van der Waals surface area contributed by atoms with Crippen LogP contribution in [0.2, 0.25) is 0 Å². The number of amides is 1. The fourth-order valence-corrected chi connectivity index (χ4v) is 5.12. The SMILES string of the molecule is CC(Cc1cc(=O)c2c(C)cc(O)c(C3OC(CO)C(O)C(O)C3O)c2o1)=NC(CCOC=O)C(=O)NC(CCC(=O)O)C(=O)O. The van der Waals surface area contributed by atoms with Crippen molar-refractivity contribution in [1.82, 2.24) is 5.32 Å². The van der Waals surface area contributed by atoms with Gasteiger partial charge >= 0.3 is 11.9 Å². The normalized spacial score (nSPS) is 23.0. The summed E-state index contributed by atoms with van der Waals surface area (Å²) in [5.41, 5.74) is -0.514. The molecule has 8 N–H and O–H groups in total. The molecule has 17 nitrogen and oxygen atoms in total. The number of nitrogens with one attached hydrogen (secondary N) is 1. The lowest BCUT2D eigenvalue weighted by atomic mass is 9.89. The summed E-state index contributed by atoms with van der Waals surface area (Å²) in [6, 6.07) is -0.466. The van der Waals surface area contributed by atoms with E-state index in [4.69, 9.17) is 14.3 Å². The van der Waals surface area contributed by atoms with Gasteiger partial charge in [-0.3, -0.25) is 24.2 Å². The van der Waals surface area contributed by atoms with Crippen LogP contribution < -0.4 is 10.7 Å². The quantitative estimate of drug-likeness (QED) is 0.0630. The van der Waals surface area contributed by atoms with Gasteiger partial charge in [0, 0.05) is 31.0 Å². The van der Waals surface area contributed by atoms with E-state index in [1.807, 2.05) is 0 Å². The number of aliphatic hydroxyl groups excluding tert-OH is 4. The maximum absolute atomic E-state index is 13.2. The van der Waals surface area contributed by atoms with Crippen molar-refractivity contribution < 1.29 is 68.8 Å². The zero-order valence-corrected chi connectivity index (χ0v) is 24.9. The summed E-state index contributed by atoms with van der Waals surface area (Å²) in [5.74, 6) is -4.12. The third kappa shape index (κ3) is 8.43. The van der Waals surface area contributed by atoms with E-state index < -0.39 is 91.1 Å². The number of phenolic OH excluding ortho intramolecular Hbond substituents is 1. The summed E-state index contributed by atoms with van der Waals surface area (Å²) < 4.78 is 16.2. The predicted molar refractivity (Wildman–Crippen MR) is 155 cm³/mol. The molecule has 1 aromatic heterocycles. The zero-order valence-electron chi connectivity index (χ0n) is 24.9. The van der Waals surface area contributed by atoms with Gasteiger partial charge in [0.05, 0.1) is 24.2 Å². The zero-order chi connectivity index (χ0) is 34.3. The van der Waals surface area contributed by atoms with Crippen LogP contribution in [0.3, 0.4) is 0 Å². The Balaban J connectivity index is 2.00. The summed E-state index contributed by atoms with van der Waals surface area (Å²) in [7, 11) is 0. The molecule has 1 amide bonds. The number of ether oxygens (including phenoxy) is 2. The van der Waals surface area contributed by atoms with Crippen LogP contribution in [0.15, 0.2) is 26.3 Å². The molecule has 1 aliphatic rings. The predicted octanol–water partition coefficient (Wildman–Crippen LogP) is -1.31. The number of rotatable bonds is 15. The molecule has 7 unspecified atom stereocenters. The van der Waals surface area contributed by atoms with E-state index in [9.17, 15) is 54.6 Å². The average Bonchev–Trinajstić information content (AvgIpc) is 2.97. The van der Waals surface area contributed by atoms with E-state index >= 15 is 0 Å². The van der Waals surface area contributed by atoms with Crippen molar-refractivity contribution in [1.29, 1.82) is 0 Å². The maximum Gasteiger partial charge on any atom is 0.326 e. The largest absolute Gasteiger partial charge is 0.507 e. The fourth-order valence-electron chi connectivity index (χ4n) is 5.12. The molecule has 0 aliphatic carbocycles. The number of aryl methyl sites for hydroxylation is 1. The molecule has 1 saturated heterocycles. The minimum atomic E-state index is -1.80. The number of hydrogen-bond acceptors (Lipinski definition) is 14. The Bertz CT molecular complexity index is 1530. The number of aliphatic carboxylic acids is 2. The van der Waals surface area contributed by atoms with Crippen LogP contribution in [0, 0.1) is 6.92 Å².